The van der Waals surface area contributed by atoms with Crippen molar-refractivity contribution >= 4 is 23.2 Å². The maximum atomic E-state index is 6.31. The molecule has 100 valence electrons. The van der Waals surface area contributed by atoms with E-state index in [1.807, 2.05) is 12.1 Å². The third kappa shape index (κ3) is 3.18. The Morgan fingerprint density at radius 3 is 2.61 bits per heavy atom. The molecule has 0 radical (unpaired) electrons. The summed E-state index contributed by atoms with van der Waals surface area (Å²) < 4.78 is 0. The molecule has 1 aromatic rings. The highest BCUT2D eigenvalue weighted by Crippen LogP contribution is 2.36. The van der Waals surface area contributed by atoms with Crippen LogP contribution in [-0.4, -0.2) is 24.0 Å². The molecule has 1 aliphatic rings. The van der Waals surface area contributed by atoms with Gasteiger partial charge in [0.2, 0.25) is 0 Å². The van der Waals surface area contributed by atoms with Crippen molar-refractivity contribution in [3.8, 4) is 0 Å². The number of hydrogen-bond acceptors (Lipinski definition) is 2. The lowest BCUT2D eigenvalue weighted by Gasteiger charge is -2.31. The topological polar surface area (TPSA) is 29.3 Å². The normalized spacial score (nSPS) is 17.2. The zero-order chi connectivity index (χ0) is 13.1. The fraction of sp³-hybridized carbons (Fsp3) is 0.571. The Kier molecular flexibility index (Phi) is 4.91. The average molecular weight is 287 g/mol. The van der Waals surface area contributed by atoms with E-state index in [0.29, 0.717) is 17.6 Å². The first-order valence-electron chi connectivity index (χ1n) is 6.58. The average Bonchev–Trinajstić information content (AvgIpc) is 3.15. The number of nitrogens with two attached hydrogens (primary N) is 1. The summed E-state index contributed by atoms with van der Waals surface area (Å²) in [6, 6.07) is 6.60. The fourth-order valence-electron chi connectivity index (χ4n) is 2.47. The summed E-state index contributed by atoms with van der Waals surface area (Å²) in [6.07, 6.45) is 3.70. The third-order valence-electron chi connectivity index (χ3n) is 3.44. The first-order chi connectivity index (χ1) is 8.67. The summed E-state index contributed by atoms with van der Waals surface area (Å²) in [5.41, 5.74) is 7.08. The minimum Gasteiger partial charge on any atom is -0.329 e. The maximum absolute atomic E-state index is 6.31. The molecule has 0 spiro atoms. The molecule has 1 aromatic carbocycles. The maximum Gasteiger partial charge on any atom is 0.0488 e. The molecule has 0 aromatic heterocycles. The number of hydrogen-bond donors (Lipinski definition) is 1. The van der Waals surface area contributed by atoms with Crippen molar-refractivity contribution in [2.75, 3.05) is 13.1 Å². The molecule has 0 bridgehead atoms. The molecule has 2 N–H and O–H groups in total. The molecule has 0 amide bonds. The third-order valence-corrected chi connectivity index (χ3v) is 4.01. The van der Waals surface area contributed by atoms with Crippen LogP contribution >= 0.6 is 23.2 Å². The van der Waals surface area contributed by atoms with Crippen molar-refractivity contribution in [1.82, 2.24) is 4.90 Å². The van der Waals surface area contributed by atoms with Gasteiger partial charge in [-0.2, -0.15) is 0 Å². The van der Waals surface area contributed by atoms with Crippen molar-refractivity contribution in [3.63, 3.8) is 0 Å². The molecular formula is C14H20Cl2N2. The second-order valence-corrected chi connectivity index (χ2v) is 5.73. The molecule has 1 saturated carbocycles. The van der Waals surface area contributed by atoms with Gasteiger partial charge in [-0.1, -0.05) is 36.2 Å². The van der Waals surface area contributed by atoms with Crippen LogP contribution in [0.3, 0.4) is 0 Å². The number of benzene rings is 1. The van der Waals surface area contributed by atoms with Crippen molar-refractivity contribution < 1.29 is 0 Å². The van der Waals surface area contributed by atoms with E-state index in [2.05, 4.69) is 11.8 Å². The van der Waals surface area contributed by atoms with Crippen LogP contribution in [0.25, 0.3) is 0 Å². The molecule has 1 aliphatic carbocycles. The number of nitrogens with zero attached hydrogens (tertiary/aromatic N) is 1. The Balaban J connectivity index is 2.25. The van der Waals surface area contributed by atoms with Gasteiger partial charge in [0.25, 0.3) is 0 Å². The molecule has 0 saturated heterocycles. The van der Waals surface area contributed by atoms with E-state index >= 15 is 0 Å². The Bertz CT molecular complexity index is 405. The van der Waals surface area contributed by atoms with Crippen LogP contribution in [0.2, 0.25) is 10.0 Å². The first kappa shape index (κ1) is 14.1. The summed E-state index contributed by atoms with van der Waals surface area (Å²) in [5, 5.41) is 1.40. The summed E-state index contributed by atoms with van der Waals surface area (Å²) in [6.45, 7) is 3.87. The molecule has 18 heavy (non-hydrogen) atoms. The lowest BCUT2D eigenvalue weighted by atomic mass is 10.0. The van der Waals surface area contributed by atoms with Crippen LogP contribution in [0.5, 0.6) is 0 Å². The Hall–Kier alpha value is -0.280. The standard InChI is InChI=1S/C14H20Cl2N2/c1-2-7-18(11-4-5-11)14(9-17)12-6-3-10(15)8-13(12)16/h3,6,8,11,14H,2,4-5,7,9,17H2,1H3. The van der Waals surface area contributed by atoms with E-state index in [1.165, 1.54) is 12.8 Å². The molecule has 0 aliphatic heterocycles. The lowest BCUT2D eigenvalue weighted by molar-refractivity contribution is 0.191. The van der Waals surface area contributed by atoms with Gasteiger partial charge >= 0.3 is 0 Å². The van der Waals surface area contributed by atoms with E-state index < -0.39 is 0 Å². The van der Waals surface area contributed by atoms with Gasteiger partial charge in [-0.15, -0.1) is 0 Å². The summed E-state index contributed by atoms with van der Waals surface area (Å²) in [5.74, 6) is 0. The second-order valence-electron chi connectivity index (χ2n) is 4.89. The van der Waals surface area contributed by atoms with Gasteiger partial charge in [-0.3, -0.25) is 4.90 Å². The van der Waals surface area contributed by atoms with Crippen LogP contribution in [0, 0.1) is 0 Å². The van der Waals surface area contributed by atoms with E-state index in [-0.39, 0.29) is 6.04 Å². The predicted octanol–water partition coefficient (Wildman–Crippen LogP) is 3.87. The number of rotatable bonds is 6. The van der Waals surface area contributed by atoms with Crippen LogP contribution in [0.4, 0.5) is 0 Å². The smallest absolute Gasteiger partial charge is 0.0488 e. The summed E-state index contributed by atoms with van der Waals surface area (Å²) in [4.78, 5) is 2.50. The molecule has 4 heteroatoms. The van der Waals surface area contributed by atoms with E-state index in [9.17, 15) is 0 Å². The molecule has 1 unspecified atom stereocenters. The predicted molar refractivity (Wildman–Crippen MR) is 78.3 cm³/mol. The largest absolute Gasteiger partial charge is 0.329 e. The monoisotopic (exact) mass is 286 g/mol. The SMILES string of the molecule is CCCN(C1CC1)C(CN)c1ccc(Cl)cc1Cl. The van der Waals surface area contributed by atoms with E-state index in [0.717, 1.165) is 23.6 Å². The van der Waals surface area contributed by atoms with Gasteiger partial charge in [0, 0.05) is 28.7 Å². The highest BCUT2D eigenvalue weighted by Gasteiger charge is 2.34. The van der Waals surface area contributed by atoms with Crippen LogP contribution in [-0.2, 0) is 0 Å². The minimum absolute atomic E-state index is 0.210. The lowest BCUT2D eigenvalue weighted by Crippen LogP contribution is -2.36. The molecule has 1 fully saturated rings. The zero-order valence-electron chi connectivity index (χ0n) is 10.7. The van der Waals surface area contributed by atoms with Gasteiger partial charge in [0.05, 0.1) is 0 Å². The van der Waals surface area contributed by atoms with Crippen molar-refractivity contribution in [2.24, 2.45) is 5.73 Å². The first-order valence-corrected chi connectivity index (χ1v) is 7.33. The molecule has 2 nitrogen and oxygen atoms in total. The zero-order valence-corrected chi connectivity index (χ0v) is 12.2. The van der Waals surface area contributed by atoms with E-state index in [4.69, 9.17) is 28.9 Å². The van der Waals surface area contributed by atoms with Gasteiger partial charge in [0.15, 0.2) is 0 Å². The van der Waals surface area contributed by atoms with Crippen molar-refractivity contribution in [3.05, 3.63) is 33.8 Å². The summed E-state index contributed by atoms with van der Waals surface area (Å²) in [7, 11) is 0. The van der Waals surface area contributed by atoms with Crippen LogP contribution in [0.1, 0.15) is 37.8 Å². The Labute approximate surface area is 119 Å². The van der Waals surface area contributed by atoms with Gasteiger partial charge in [0.1, 0.15) is 0 Å². The minimum atomic E-state index is 0.210. The van der Waals surface area contributed by atoms with Gasteiger partial charge in [-0.05, 0) is 43.5 Å². The van der Waals surface area contributed by atoms with Crippen molar-refractivity contribution in [2.45, 2.75) is 38.3 Å². The summed E-state index contributed by atoms with van der Waals surface area (Å²) >= 11 is 12.3. The Morgan fingerprint density at radius 2 is 2.11 bits per heavy atom. The molecule has 1 atom stereocenters. The Morgan fingerprint density at radius 1 is 1.39 bits per heavy atom. The quantitative estimate of drug-likeness (QED) is 0.860. The molecular weight excluding hydrogens is 267 g/mol. The molecule has 2 rings (SSSR count). The van der Waals surface area contributed by atoms with Crippen LogP contribution < -0.4 is 5.73 Å². The van der Waals surface area contributed by atoms with Crippen LogP contribution in [0.15, 0.2) is 18.2 Å². The van der Waals surface area contributed by atoms with Crippen molar-refractivity contribution in [1.29, 1.82) is 0 Å². The van der Waals surface area contributed by atoms with Gasteiger partial charge in [-0.25, -0.2) is 0 Å². The second kappa shape index (κ2) is 6.25. The highest BCUT2D eigenvalue weighted by atomic mass is 35.5. The fourth-order valence-corrected chi connectivity index (χ4v) is 3.00. The number of halogens is 2. The van der Waals surface area contributed by atoms with Gasteiger partial charge < -0.3 is 5.73 Å². The van der Waals surface area contributed by atoms with E-state index in [1.54, 1.807) is 6.07 Å². The highest BCUT2D eigenvalue weighted by molar-refractivity contribution is 6.35. The molecule has 0 heterocycles.